The lowest BCUT2D eigenvalue weighted by Crippen LogP contribution is -2.25. The highest BCUT2D eigenvalue weighted by Gasteiger charge is 2.39. The molecule has 0 atom stereocenters. The number of carbonyl (C=O) groups is 1. The second kappa shape index (κ2) is 5.44. The minimum atomic E-state index is -3.84. The summed E-state index contributed by atoms with van der Waals surface area (Å²) in [6.07, 6.45) is 0.602. The van der Waals surface area contributed by atoms with Crippen LogP contribution in [0, 0.1) is 5.82 Å². The Balaban J connectivity index is 2.26. The Kier molecular flexibility index (Phi) is 3.55. The molecule has 0 radical (unpaired) electrons. The third-order valence-corrected chi connectivity index (χ3v) is 3.31. The van der Waals surface area contributed by atoms with Crippen LogP contribution >= 0.6 is 0 Å². The Morgan fingerprint density at radius 1 is 1.21 bits per heavy atom. The minimum absolute atomic E-state index is 0.137. The fraction of sp³-hybridized carbons (Fsp3) is 0.0667. The van der Waals surface area contributed by atoms with Gasteiger partial charge in [-0.25, -0.2) is 14.2 Å². The minimum Gasteiger partial charge on any atom is -0.478 e. The third-order valence-electron chi connectivity index (χ3n) is 3.31. The summed E-state index contributed by atoms with van der Waals surface area (Å²) in [6, 6.07) is 5.27. The van der Waals surface area contributed by atoms with E-state index in [9.17, 15) is 22.8 Å². The summed E-state index contributed by atoms with van der Waals surface area (Å²) in [5, 5.41) is 8.98. The average molecular weight is 335 g/mol. The molecule has 0 fully saturated rings. The van der Waals surface area contributed by atoms with Crippen molar-refractivity contribution in [2.24, 2.45) is 0 Å². The molecule has 0 unspecified atom stereocenters. The fourth-order valence-electron chi connectivity index (χ4n) is 2.17. The van der Waals surface area contributed by atoms with Crippen molar-refractivity contribution in [1.29, 1.82) is 0 Å². The number of nitrogens with one attached hydrogen (secondary N) is 1. The molecule has 0 aliphatic carbocycles. The monoisotopic (exact) mass is 335 g/mol. The maximum absolute atomic E-state index is 14.5. The van der Waals surface area contributed by atoms with Gasteiger partial charge >= 0.3 is 11.9 Å². The normalized spacial score (nSPS) is 11.6. The van der Waals surface area contributed by atoms with Crippen molar-refractivity contribution < 1.29 is 23.1 Å². The summed E-state index contributed by atoms with van der Waals surface area (Å²) in [4.78, 5) is 32.0. The Bertz CT molecular complexity index is 1000. The van der Waals surface area contributed by atoms with E-state index in [1.807, 2.05) is 4.98 Å². The molecule has 0 aliphatic rings. The molecule has 9 heteroatoms. The van der Waals surface area contributed by atoms with Crippen LogP contribution in [-0.2, 0) is 5.92 Å². The van der Waals surface area contributed by atoms with Crippen molar-refractivity contribution in [1.82, 2.24) is 15.0 Å². The lowest BCUT2D eigenvalue weighted by Gasteiger charge is -2.15. The van der Waals surface area contributed by atoms with Crippen LogP contribution in [0.1, 0.15) is 21.9 Å². The van der Waals surface area contributed by atoms with E-state index in [0.29, 0.717) is 6.20 Å². The van der Waals surface area contributed by atoms with Crippen LogP contribution in [0.3, 0.4) is 0 Å². The summed E-state index contributed by atoms with van der Waals surface area (Å²) in [5.41, 5.74) is -2.51. The van der Waals surface area contributed by atoms with Crippen molar-refractivity contribution in [3.05, 3.63) is 69.8 Å². The Morgan fingerprint density at radius 3 is 2.58 bits per heavy atom. The molecule has 122 valence electrons. The number of nitrogens with zero attached hydrogens (tertiary/aromatic N) is 2. The molecule has 3 aromatic rings. The maximum atomic E-state index is 14.5. The molecule has 0 aliphatic heterocycles. The van der Waals surface area contributed by atoms with Crippen LogP contribution in [0.2, 0.25) is 0 Å². The van der Waals surface area contributed by atoms with Crippen molar-refractivity contribution in [3.8, 4) is 0 Å². The van der Waals surface area contributed by atoms with Gasteiger partial charge in [-0.2, -0.15) is 8.78 Å². The summed E-state index contributed by atoms with van der Waals surface area (Å²) in [6.45, 7) is 0. The van der Waals surface area contributed by atoms with Gasteiger partial charge in [0.25, 0.3) is 5.56 Å². The van der Waals surface area contributed by atoms with Gasteiger partial charge in [-0.05, 0) is 24.3 Å². The number of carboxylic acids is 1. The van der Waals surface area contributed by atoms with Gasteiger partial charge in [-0.1, -0.05) is 6.07 Å². The Morgan fingerprint density at radius 2 is 1.96 bits per heavy atom. The zero-order valence-electron chi connectivity index (χ0n) is 11.8. The molecule has 0 amide bonds. The number of pyridine rings is 1. The molecule has 2 aromatic heterocycles. The van der Waals surface area contributed by atoms with Crippen LogP contribution in [0.5, 0.6) is 0 Å². The summed E-state index contributed by atoms with van der Waals surface area (Å²) in [7, 11) is 0. The molecule has 0 spiro atoms. The number of hydrogen-bond donors (Lipinski definition) is 2. The highest BCUT2D eigenvalue weighted by atomic mass is 19.3. The SMILES string of the molecule is O=C(O)c1cccc2c(=O)[nH]c(C(F)(F)c3ccc(F)cn3)nc12. The quantitative estimate of drug-likeness (QED) is 0.766. The highest BCUT2D eigenvalue weighted by molar-refractivity contribution is 6.01. The third kappa shape index (κ3) is 2.49. The molecular formula is C15H8F3N3O3. The summed E-state index contributed by atoms with van der Waals surface area (Å²) >= 11 is 0. The zero-order valence-corrected chi connectivity index (χ0v) is 11.8. The number of aromatic carboxylic acids is 1. The van der Waals surface area contributed by atoms with E-state index in [0.717, 1.165) is 18.2 Å². The molecule has 2 N–H and O–H groups in total. The van der Waals surface area contributed by atoms with Crippen LogP contribution < -0.4 is 5.56 Å². The standard InChI is InChI=1S/C15H8F3N3O3/c16-7-4-5-10(19-6-7)15(17,18)14-20-11-8(12(22)21-14)2-1-3-9(11)13(23)24/h1-6H,(H,23,24)(H,20,21,22). The predicted octanol–water partition coefficient (Wildman–Crippen LogP) is 2.30. The molecule has 3 rings (SSSR count). The molecule has 1 aromatic carbocycles. The lowest BCUT2D eigenvalue weighted by atomic mass is 10.1. The predicted molar refractivity (Wildman–Crippen MR) is 76.5 cm³/mol. The summed E-state index contributed by atoms with van der Waals surface area (Å²) < 4.78 is 41.8. The van der Waals surface area contributed by atoms with E-state index in [2.05, 4.69) is 9.97 Å². The maximum Gasteiger partial charge on any atom is 0.346 e. The van der Waals surface area contributed by atoms with Gasteiger partial charge in [0.2, 0.25) is 0 Å². The molecule has 2 heterocycles. The topological polar surface area (TPSA) is 95.9 Å². The average Bonchev–Trinajstić information content (AvgIpc) is 2.54. The number of rotatable bonds is 3. The van der Waals surface area contributed by atoms with E-state index < -0.39 is 34.8 Å². The van der Waals surface area contributed by atoms with Crippen LogP contribution in [0.25, 0.3) is 10.9 Å². The smallest absolute Gasteiger partial charge is 0.346 e. The number of hydrogen-bond acceptors (Lipinski definition) is 4. The number of para-hydroxylation sites is 1. The van der Waals surface area contributed by atoms with Crippen molar-refractivity contribution >= 4 is 16.9 Å². The van der Waals surface area contributed by atoms with Crippen molar-refractivity contribution in [3.63, 3.8) is 0 Å². The second-order valence-electron chi connectivity index (χ2n) is 4.86. The first kappa shape index (κ1) is 15.7. The van der Waals surface area contributed by atoms with Gasteiger partial charge in [0.05, 0.1) is 22.7 Å². The largest absolute Gasteiger partial charge is 0.478 e. The number of H-pyrrole nitrogens is 1. The lowest BCUT2D eigenvalue weighted by molar-refractivity contribution is 0.0280. The molecule has 0 saturated carbocycles. The van der Waals surface area contributed by atoms with Crippen molar-refractivity contribution in [2.45, 2.75) is 5.92 Å². The number of halogens is 3. The van der Waals surface area contributed by atoms with E-state index in [-0.39, 0.29) is 16.5 Å². The van der Waals surface area contributed by atoms with Gasteiger partial charge in [0, 0.05) is 0 Å². The van der Waals surface area contributed by atoms with Gasteiger partial charge in [0.15, 0.2) is 5.82 Å². The van der Waals surface area contributed by atoms with Gasteiger partial charge in [0.1, 0.15) is 11.5 Å². The summed E-state index contributed by atoms with van der Waals surface area (Å²) in [5.74, 6) is -7.13. The Labute approximate surface area is 131 Å². The molecule has 6 nitrogen and oxygen atoms in total. The first-order valence-corrected chi connectivity index (χ1v) is 6.57. The molecular weight excluding hydrogens is 327 g/mol. The zero-order chi connectivity index (χ0) is 17.5. The van der Waals surface area contributed by atoms with Crippen LogP contribution in [0.4, 0.5) is 13.2 Å². The van der Waals surface area contributed by atoms with E-state index in [1.54, 1.807) is 0 Å². The van der Waals surface area contributed by atoms with Gasteiger partial charge < -0.3 is 10.1 Å². The van der Waals surface area contributed by atoms with E-state index in [1.165, 1.54) is 12.1 Å². The number of carboxylic acid groups (broad SMARTS) is 1. The molecule has 24 heavy (non-hydrogen) atoms. The fourth-order valence-corrected chi connectivity index (χ4v) is 2.17. The first-order valence-electron chi connectivity index (χ1n) is 6.57. The van der Waals surface area contributed by atoms with Gasteiger partial charge in [-0.3, -0.25) is 9.78 Å². The number of aromatic nitrogens is 3. The Hall–Kier alpha value is -3.23. The highest BCUT2D eigenvalue weighted by Crippen LogP contribution is 2.32. The van der Waals surface area contributed by atoms with Crippen molar-refractivity contribution in [2.75, 3.05) is 0 Å². The molecule has 0 saturated heterocycles. The second-order valence-corrected chi connectivity index (χ2v) is 4.86. The number of fused-ring (bicyclic) bond motifs is 1. The number of benzene rings is 1. The molecule has 0 bridgehead atoms. The van der Waals surface area contributed by atoms with Gasteiger partial charge in [-0.15, -0.1) is 0 Å². The van der Waals surface area contributed by atoms with Crippen LogP contribution in [-0.4, -0.2) is 26.0 Å². The first-order chi connectivity index (χ1) is 11.3. The number of aromatic amines is 1. The number of alkyl halides is 2. The van der Waals surface area contributed by atoms with Crippen LogP contribution in [0.15, 0.2) is 41.3 Å². The van der Waals surface area contributed by atoms with E-state index >= 15 is 0 Å². The van der Waals surface area contributed by atoms with E-state index in [4.69, 9.17) is 5.11 Å².